The number of nitrogens with two attached hydrogens (primary N) is 1. The summed E-state index contributed by atoms with van der Waals surface area (Å²) in [6.07, 6.45) is 7.88. The summed E-state index contributed by atoms with van der Waals surface area (Å²) in [5.74, 6) is 6.43. The van der Waals surface area contributed by atoms with Crippen LogP contribution in [0.25, 0.3) is 0 Å². The molecular weight excluding hydrogens is 176 g/mol. The van der Waals surface area contributed by atoms with Crippen LogP contribution in [0.2, 0.25) is 0 Å². The third kappa shape index (κ3) is 4.40. The first-order chi connectivity index (χ1) is 6.86. The van der Waals surface area contributed by atoms with E-state index in [9.17, 15) is 0 Å². The molecule has 0 aliphatic heterocycles. The lowest BCUT2D eigenvalue weighted by Crippen LogP contribution is -2.37. The Kier molecular flexibility index (Phi) is 6.15. The van der Waals surface area contributed by atoms with Gasteiger partial charge in [-0.25, -0.2) is 0 Å². The van der Waals surface area contributed by atoms with E-state index in [1.54, 1.807) is 0 Å². The molecule has 0 radical (unpaired) electrons. The average molecular weight is 200 g/mol. The van der Waals surface area contributed by atoms with Gasteiger partial charge in [0.2, 0.25) is 0 Å². The summed E-state index contributed by atoms with van der Waals surface area (Å²) >= 11 is 0. The molecule has 1 unspecified atom stereocenters. The van der Waals surface area contributed by atoms with Crippen LogP contribution in [-0.2, 0) is 4.74 Å². The molecule has 1 atom stereocenters. The number of rotatable bonds is 7. The summed E-state index contributed by atoms with van der Waals surface area (Å²) in [6.45, 7) is 3.67. The van der Waals surface area contributed by atoms with Crippen LogP contribution >= 0.6 is 0 Å². The molecule has 1 rings (SSSR count). The van der Waals surface area contributed by atoms with E-state index in [0.29, 0.717) is 6.04 Å². The van der Waals surface area contributed by atoms with E-state index in [-0.39, 0.29) is 0 Å². The molecule has 3 nitrogen and oxygen atoms in total. The van der Waals surface area contributed by atoms with Gasteiger partial charge >= 0.3 is 0 Å². The number of hydrazine groups is 1. The molecule has 84 valence electrons. The van der Waals surface area contributed by atoms with E-state index in [0.717, 1.165) is 25.6 Å². The van der Waals surface area contributed by atoms with Crippen molar-refractivity contribution in [2.24, 2.45) is 11.8 Å². The lowest BCUT2D eigenvalue weighted by Gasteiger charge is -2.19. The maximum Gasteiger partial charge on any atom is 0.0481 e. The second-order valence-electron chi connectivity index (χ2n) is 4.24. The fourth-order valence-corrected chi connectivity index (χ4v) is 2.29. The highest BCUT2D eigenvalue weighted by Crippen LogP contribution is 2.28. The van der Waals surface area contributed by atoms with Crippen molar-refractivity contribution in [3.05, 3.63) is 0 Å². The highest BCUT2D eigenvalue weighted by molar-refractivity contribution is 4.74. The van der Waals surface area contributed by atoms with E-state index in [1.807, 2.05) is 6.92 Å². The summed E-state index contributed by atoms with van der Waals surface area (Å²) in [7, 11) is 0. The van der Waals surface area contributed by atoms with Crippen LogP contribution < -0.4 is 11.3 Å². The SMILES string of the molecule is CCOCCC(CC1CCCC1)NN. The molecule has 1 saturated carbocycles. The second kappa shape index (κ2) is 7.21. The Labute approximate surface area is 87.4 Å². The molecule has 0 spiro atoms. The summed E-state index contributed by atoms with van der Waals surface area (Å²) in [5.41, 5.74) is 2.91. The molecule has 3 N–H and O–H groups in total. The minimum absolute atomic E-state index is 0.449. The van der Waals surface area contributed by atoms with Crippen molar-refractivity contribution < 1.29 is 4.74 Å². The van der Waals surface area contributed by atoms with Crippen molar-refractivity contribution in [3.63, 3.8) is 0 Å². The predicted molar refractivity (Wildman–Crippen MR) is 58.8 cm³/mol. The number of ether oxygens (including phenoxy) is 1. The van der Waals surface area contributed by atoms with Gasteiger partial charge in [0.25, 0.3) is 0 Å². The van der Waals surface area contributed by atoms with Gasteiger partial charge in [0.1, 0.15) is 0 Å². The third-order valence-electron chi connectivity index (χ3n) is 3.14. The minimum Gasteiger partial charge on any atom is -0.382 e. The first-order valence-corrected chi connectivity index (χ1v) is 5.90. The Balaban J connectivity index is 2.10. The van der Waals surface area contributed by atoms with Gasteiger partial charge in [0.05, 0.1) is 0 Å². The normalized spacial score (nSPS) is 20.1. The van der Waals surface area contributed by atoms with Gasteiger partial charge in [-0.3, -0.25) is 11.3 Å². The smallest absolute Gasteiger partial charge is 0.0481 e. The zero-order chi connectivity index (χ0) is 10.2. The van der Waals surface area contributed by atoms with Crippen LogP contribution in [0, 0.1) is 5.92 Å². The predicted octanol–water partition coefficient (Wildman–Crippen LogP) is 1.83. The molecule has 0 heterocycles. The molecule has 0 amide bonds. The molecule has 3 heteroatoms. The highest BCUT2D eigenvalue weighted by Gasteiger charge is 2.19. The molecule has 14 heavy (non-hydrogen) atoms. The molecule has 0 saturated heterocycles. The molecule has 0 aromatic rings. The van der Waals surface area contributed by atoms with Gasteiger partial charge < -0.3 is 4.74 Å². The van der Waals surface area contributed by atoms with Crippen molar-refractivity contribution in [2.75, 3.05) is 13.2 Å². The van der Waals surface area contributed by atoms with Gasteiger partial charge in [-0.05, 0) is 25.7 Å². The van der Waals surface area contributed by atoms with Gasteiger partial charge in [-0.1, -0.05) is 25.7 Å². The first kappa shape index (κ1) is 12.0. The van der Waals surface area contributed by atoms with Crippen LogP contribution in [0.15, 0.2) is 0 Å². The zero-order valence-electron chi connectivity index (χ0n) is 9.30. The van der Waals surface area contributed by atoms with Crippen molar-refractivity contribution in [2.45, 2.75) is 51.5 Å². The standard InChI is InChI=1S/C11H24N2O/c1-2-14-8-7-11(13-12)9-10-5-3-4-6-10/h10-11,13H,2-9,12H2,1H3. The Hall–Kier alpha value is -0.120. The molecule has 0 bridgehead atoms. The molecular formula is C11H24N2O. The molecule has 1 aliphatic rings. The summed E-state index contributed by atoms with van der Waals surface area (Å²) in [5, 5.41) is 0. The van der Waals surface area contributed by atoms with Crippen LogP contribution in [0.3, 0.4) is 0 Å². The van der Waals surface area contributed by atoms with Crippen molar-refractivity contribution in [3.8, 4) is 0 Å². The fraction of sp³-hybridized carbons (Fsp3) is 1.00. The second-order valence-corrected chi connectivity index (χ2v) is 4.24. The monoisotopic (exact) mass is 200 g/mol. The third-order valence-corrected chi connectivity index (χ3v) is 3.14. The minimum atomic E-state index is 0.449. The van der Waals surface area contributed by atoms with E-state index in [2.05, 4.69) is 5.43 Å². The number of hydrogen-bond donors (Lipinski definition) is 2. The Morgan fingerprint density at radius 1 is 1.43 bits per heavy atom. The van der Waals surface area contributed by atoms with Gasteiger partial charge in [-0.2, -0.15) is 0 Å². The lowest BCUT2D eigenvalue weighted by atomic mass is 9.97. The van der Waals surface area contributed by atoms with Gasteiger partial charge in [0.15, 0.2) is 0 Å². The van der Waals surface area contributed by atoms with Crippen LogP contribution in [0.5, 0.6) is 0 Å². The van der Waals surface area contributed by atoms with Crippen molar-refractivity contribution in [1.29, 1.82) is 0 Å². The largest absolute Gasteiger partial charge is 0.382 e. The lowest BCUT2D eigenvalue weighted by molar-refractivity contribution is 0.133. The van der Waals surface area contributed by atoms with Crippen LogP contribution in [0.4, 0.5) is 0 Å². The molecule has 1 fully saturated rings. The topological polar surface area (TPSA) is 47.3 Å². The van der Waals surface area contributed by atoms with E-state index >= 15 is 0 Å². The zero-order valence-corrected chi connectivity index (χ0v) is 9.30. The van der Waals surface area contributed by atoms with E-state index in [4.69, 9.17) is 10.6 Å². The molecule has 1 aliphatic carbocycles. The molecule has 0 aromatic carbocycles. The van der Waals surface area contributed by atoms with Crippen molar-refractivity contribution in [1.82, 2.24) is 5.43 Å². The van der Waals surface area contributed by atoms with Gasteiger partial charge in [0, 0.05) is 19.3 Å². The Bertz CT molecular complexity index is 135. The number of hydrogen-bond acceptors (Lipinski definition) is 3. The van der Waals surface area contributed by atoms with Crippen molar-refractivity contribution >= 4 is 0 Å². The average Bonchev–Trinajstić information content (AvgIpc) is 2.69. The Morgan fingerprint density at radius 2 is 2.14 bits per heavy atom. The first-order valence-electron chi connectivity index (χ1n) is 5.90. The van der Waals surface area contributed by atoms with Crippen LogP contribution in [0.1, 0.15) is 45.4 Å². The fourth-order valence-electron chi connectivity index (χ4n) is 2.29. The summed E-state index contributed by atoms with van der Waals surface area (Å²) in [6, 6.07) is 0.449. The van der Waals surface area contributed by atoms with Crippen LogP contribution in [-0.4, -0.2) is 19.3 Å². The van der Waals surface area contributed by atoms with Gasteiger partial charge in [-0.15, -0.1) is 0 Å². The molecule has 0 aromatic heterocycles. The maximum atomic E-state index is 5.53. The van der Waals surface area contributed by atoms with E-state index < -0.39 is 0 Å². The summed E-state index contributed by atoms with van der Waals surface area (Å²) in [4.78, 5) is 0. The van der Waals surface area contributed by atoms with E-state index in [1.165, 1.54) is 32.1 Å². The number of nitrogens with one attached hydrogen (secondary N) is 1. The maximum absolute atomic E-state index is 5.53. The quantitative estimate of drug-likeness (QED) is 0.374. The highest BCUT2D eigenvalue weighted by atomic mass is 16.5. The Morgan fingerprint density at radius 3 is 2.71 bits per heavy atom. The summed E-state index contributed by atoms with van der Waals surface area (Å²) < 4.78 is 5.33.